The first kappa shape index (κ1) is 13.8. The molecule has 0 spiro atoms. The SMILES string of the molecule is COCCNC(=O)N1CCC(C)(C(=O)O)CC1. The summed E-state index contributed by atoms with van der Waals surface area (Å²) in [7, 11) is 1.57. The summed E-state index contributed by atoms with van der Waals surface area (Å²) in [4.78, 5) is 24.3. The van der Waals surface area contributed by atoms with Crippen LogP contribution < -0.4 is 5.32 Å². The van der Waals surface area contributed by atoms with Crippen molar-refractivity contribution in [2.75, 3.05) is 33.4 Å². The van der Waals surface area contributed by atoms with Gasteiger partial charge in [-0.3, -0.25) is 4.79 Å². The molecule has 1 saturated heterocycles. The molecule has 0 aromatic rings. The van der Waals surface area contributed by atoms with Gasteiger partial charge in [-0.1, -0.05) is 0 Å². The van der Waals surface area contributed by atoms with E-state index in [2.05, 4.69) is 5.32 Å². The summed E-state index contributed by atoms with van der Waals surface area (Å²) in [6, 6.07) is -0.144. The van der Waals surface area contributed by atoms with Crippen LogP contribution >= 0.6 is 0 Å². The Hall–Kier alpha value is -1.30. The molecule has 2 amide bonds. The summed E-state index contributed by atoms with van der Waals surface area (Å²) in [6.45, 7) is 3.66. The van der Waals surface area contributed by atoms with Crippen molar-refractivity contribution in [2.45, 2.75) is 19.8 Å². The molecular formula is C11H20N2O4. The molecular weight excluding hydrogens is 224 g/mol. The van der Waals surface area contributed by atoms with Crippen molar-refractivity contribution in [1.82, 2.24) is 10.2 Å². The molecule has 17 heavy (non-hydrogen) atoms. The standard InChI is InChI=1S/C11H20N2O4/c1-11(9(14)15)3-6-13(7-4-11)10(16)12-5-8-17-2/h3-8H2,1-2H3,(H,12,16)(H,14,15). The quantitative estimate of drug-likeness (QED) is 0.707. The minimum Gasteiger partial charge on any atom is -0.481 e. The average Bonchev–Trinajstić information content (AvgIpc) is 2.30. The van der Waals surface area contributed by atoms with Gasteiger partial charge in [0.25, 0.3) is 0 Å². The number of carboxylic acid groups (broad SMARTS) is 1. The molecule has 1 heterocycles. The number of hydrogen-bond acceptors (Lipinski definition) is 3. The number of methoxy groups -OCH3 is 1. The van der Waals surface area contributed by atoms with Crippen molar-refractivity contribution in [3.63, 3.8) is 0 Å². The average molecular weight is 244 g/mol. The van der Waals surface area contributed by atoms with Crippen LogP contribution in [0, 0.1) is 5.41 Å². The van der Waals surface area contributed by atoms with Gasteiger partial charge in [0.15, 0.2) is 0 Å². The Morgan fingerprint density at radius 3 is 2.47 bits per heavy atom. The van der Waals surface area contributed by atoms with E-state index < -0.39 is 11.4 Å². The largest absolute Gasteiger partial charge is 0.481 e. The Kier molecular flexibility index (Phi) is 4.74. The van der Waals surface area contributed by atoms with Crippen LogP contribution in [-0.2, 0) is 9.53 Å². The summed E-state index contributed by atoms with van der Waals surface area (Å²) >= 11 is 0. The zero-order chi connectivity index (χ0) is 12.9. The van der Waals surface area contributed by atoms with Gasteiger partial charge in [-0.05, 0) is 19.8 Å². The van der Waals surface area contributed by atoms with E-state index >= 15 is 0 Å². The highest BCUT2D eigenvalue weighted by Crippen LogP contribution is 2.30. The first-order valence-corrected chi connectivity index (χ1v) is 5.75. The van der Waals surface area contributed by atoms with E-state index in [9.17, 15) is 9.59 Å². The van der Waals surface area contributed by atoms with Gasteiger partial charge in [0, 0.05) is 26.7 Å². The smallest absolute Gasteiger partial charge is 0.317 e. The van der Waals surface area contributed by atoms with Crippen LogP contribution in [0.5, 0.6) is 0 Å². The molecule has 6 nitrogen and oxygen atoms in total. The molecule has 0 aromatic heterocycles. The van der Waals surface area contributed by atoms with Gasteiger partial charge in [0.2, 0.25) is 0 Å². The molecule has 0 unspecified atom stereocenters. The third kappa shape index (κ3) is 3.59. The van der Waals surface area contributed by atoms with Crippen LogP contribution in [-0.4, -0.2) is 55.4 Å². The van der Waals surface area contributed by atoms with E-state index in [4.69, 9.17) is 9.84 Å². The topological polar surface area (TPSA) is 78.9 Å². The van der Waals surface area contributed by atoms with Gasteiger partial charge in [-0.25, -0.2) is 4.79 Å². The number of amides is 2. The number of carbonyl (C=O) groups excluding carboxylic acids is 1. The number of carboxylic acids is 1. The van der Waals surface area contributed by atoms with Gasteiger partial charge >= 0.3 is 12.0 Å². The predicted octanol–water partition coefficient (Wildman–Crippen LogP) is 0.529. The summed E-state index contributed by atoms with van der Waals surface area (Å²) in [6.07, 6.45) is 1.00. The molecule has 0 saturated carbocycles. The van der Waals surface area contributed by atoms with Crippen molar-refractivity contribution in [2.24, 2.45) is 5.41 Å². The second kappa shape index (κ2) is 5.86. The lowest BCUT2D eigenvalue weighted by Crippen LogP contribution is -2.49. The minimum atomic E-state index is -0.781. The molecule has 1 aliphatic heterocycles. The Bertz CT molecular complexity index is 285. The first-order chi connectivity index (χ1) is 7.99. The predicted molar refractivity (Wildman–Crippen MR) is 61.8 cm³/mol. The second-order valence-electron chi connectivity index (χ2n) is 4.58. The summed E-state index contributed by atoms with van der Waals surface area (Å²) in [5.74, 6) is -0.781. The van der Waals surface area contributed by atoms with E-state index in [0.29, 0.717) is 39.1 Å². The molecule has 1 aliphatic rings. The summed E-state index contributed by atoms with van der Waals surface area (Å²) < 4.78 is 4.83. The maximum Gasteiger partial charge on any atom is 0.317 e. The van der Waals surface area contributed by atoms with Gasteiger partial charge in [0.1, 0.15) is 0 Å². The minimum absolute atomic E-state index is 0.144. The van der Waals surface area contributed by atoms with Crippen molar-refractivity contribution in [3.05, 3.63) is 0 Å². The number of likely N-dealkylation sites (tertiary alicyclic amines) is 1. The number of rotatable bonds is 4. The molecule has 0 atom stereocenters. The Morgan fingerprint density at radius 1 is 1.41 bits per heavy atom. The fourth-order valence-electron chi connectivity index (χ4n) is 1.79. The van der Waals surface area contributed by atoms with E-state index in [0.717, 1.165) is 0 Å². The summed E-state index contributed by atoms with van der Waals surface area (Å²) in [5.41, 5.74) is -0.691. The number of ether oxygens (including phenoxy) is 1. The zero-order valence-corrected chi connectivity index (χ0v) is 10.4. The molecule has 6 heteroatoms. The van der Waals surface area contributed by atoms with Gasteiger partial charge in [0.05, 0.1) is 12.0 Å². The molecule has 1 rings (SSSR count). The normalized spacial score (nSPS) is 18.8. The Balaban J connectivity index is 2.36. The van der Waals surface area contributed by atoms with Crippen LogP contribution in [0.1, 0.15) is 19.8 Å². The zero-order valence-electron chi connectivity index (χ0n) is 10.4. The fourth-order valence-corrected chi connectivity index (χ4v) is 1.79. The molecule has 0 radical (unpaired) electrons. The number of nitrogens with one attached hydrogen (secondary N) is 1. The molecule has 2 N–H and O–H groups in total. The number of piperidine rings is 1. The van der Waals surface area contributed by atoms with Crippen molar-refractivity contribution in [3.8, 4) is 0 Å². The van der Waals surface area contributed by atoms with E-state index in [1.165, 1.54) is 0 Å². The number of carbonyl (C=O) groups is 2. The first-order valence-electron chi connectivity index (χ1n) is 5.75. The van der Waals surface area contributed by atoms with Crippen LogP contribution in [0.15, 0.2) is 0 Å². The molecule has 0 bridgehead atoms. The van der Waals surface area contributed by atoms with Crippen LogP contribution in [0.2, 0.25) is 0 Å². The van der Waals surface area contributed by atoms with E-state index in [1.807, 2.05) is 0 Å². The van der Waals surface area contributed by atoms with Crippen molar-refractivity contribution < 1.29 is 19.4 Å². The number of hydrogen-bond donors (Lipinski definition) is 2. The van der Waals surface area contributed by atoms with E-state index in [-0.39, 0.29) is 6.03 Å². The fraction of sp³-hybridized carbons (Fsp3) is 0.818. The highest BCUT2D eigenvalue weighted by atomic mass is 16.5. The van der Waals surface area contributed by atoms with Crippen LogP contribution in [0.4, 0.5) is 4.79 Å². The number of nitrogens with zero attached hydrogens (tertiary/aromatic N) is 1. The maximum absolute atomic E-state index is 11.7. The van der Waals surface area contributed by atoms with Gasteiger partial charge in [-0.2, -0.15) is 0 Å². The summed E-state index contributed by atoms with van der Waals surface area (Å²) in [5, 5.41) is 11.8. The van der Waals surface area contributed by atoms with Crippen LogP contribution in [0.3, 0.4) is 0 Å². The lowest BCUT2D eigenvalue weighted by molar-refractivity contribution is -0.150. The monoisotopic (exact) mass is 244 g/mol. The second-order valence-corrected chi connectivity index (χ2v) is 4.58. The van der Waals surface area contributed by atoms with Gasteiger partial charge in [-0.15, -0.1) is 0 Å². The van der Waals surface area contributed by atoms with Crippen molar-refractivity contribution in [1.29, 1.82) is 0 Å². The Morgan fingerprint density at radius 2 is 2.00 bits per heavy atom. The number of aliphatic carboxylic acids is 1. The van der Waals surface area contributed by atoms with E-state index in [1.54, 1.807) is 18.9 Å². The van der Waals surface area contributed by atoms with Crippen molar-refractivity contribution >= 4 is 12.0 Å². The molecule has 0 aliphatic carbocycles. The highest BCUT2D eigenvalue weighted by Gasteiger charge is 2.37. The molecule has 0 aromatic carbocycles. The van der Waals surface area contributed by atoms with Gasteiger partial charge < -0.3 is 20.1 Å². The highest BCUT2D eigenvalue weighted by molar-refractivity contribution is 5.76. The number of urea groups is 1. The lowest BCUT2D eigenvalue weighted by Gasteiger charge is -2.36. The Labute approximate surface area is 101 Å². The van der Waals surface area contributed by atoms with Crippen LogP contribution in [0.25, 0.3) is 0 Å². The molecule has 98 valence electrons. The molecule has 1 fully saturated rings. The third-order valence-electron chi connectivity index (χ3n) is 3.25. The maximum atomic E-state index is 11.7. The lowest BCUT2D eigenvalue weighted by atomic mass is 9.80. The third-order valence-corrected chi connectivity index (χ3v) is 3.25.